The van der Waals surface area contributed by atoms with E-state index >= 15 is 0 Å². The molecule has 0 aliphatic carbocycles. The van der Waals surface area contributed by atoms with Gasteiger partial charge in [-0.25, -0.2) is 4.68 Å². The quantitative estimate of drug-likeness (QED) is 0.753. The molecule has 26 heavy (non-hydrogen) atoms. The smallest absolute Gasteiger partial charge is 0.255 e. The number of thiophene rings is 1. The van der Waals surface area contributed by atoms with E-state index in [9.17, 15) is 4.79 Å². The van der Waals surface area contributed by atoms with Crippen LogP contribution in [0.15, 0.2) is 54.0 Å². The molecule has 5 nitrogen and oxygen atoms in total. The van der Waals surface area contributed by atoms with Crippen LogP contribution < -0.4 is 5.32 Å². The van der Waals surface area contributed by atoms with Gasteiger partial charge < -0.3 is 10.2 Å². The predicted octanol–water partition coefficient (Wildman–Crippen LogP) is 3.42. The molecular formula is C20H22N4OS. The SMILES string of the molecule is CN1CCC[C@@H]1CNC(=O)c1cn(-c2ccccc2)nc1-c1cccs1. The van der Waals surface area contributed by atoms with Crippen LogP contribution in [0.25, 0.3) is 16.3 Å². The molecule has 1 fully saturated rings. The molecule has 0 saturated carbocycles. The Kier molecular flexibility index (Phi) is 4.86. The zero-order valence-corrected chi connectivity index (χ0v) is 15.6. The molecule has 1 saturated heterocycles. The second-order valence-corrected chi connectivity index (χ2v) is 7.58. The molecule has 1 atom stereocenters. The van der Waals surface area contributed by atoms with Gasteiger partial charge in [0.25, 0.3) is 5.91 Å². The van der Waals surface area contributed by atoms with Gasteiger partial charge in [0.05, 0.1) is 16.1 Å². The summed E-state index contributed by atoms with van der Waals surface area (Å²) in [6, 6.07) is 14.3. The summed E-state index contributed by atoms with van der Waals surface area (Å²) in [4.78, 5) is 16.2. The molecule has 3 aromatic rings. The van der Waals surface area contributed by atoms with Gasteiger partial charge in [-0.05, 0) is 50.0 Å². The highest BCUT2D eigenvalue weighted by Gasteiger charge is 2.23. The summed E-state index contributed by atoms with van der Waals surface area (Å²) in [5.74, 6) is -0.0594. The molecule has 1 aliphatic rings. The van der Waals surface area contributed by atoms with E-state index in [0.29, 0.717) is 18.2 Å². The van der Waals surface area contributed by atoms with Crippen molar-refractivity contribution in [2.24, 2.45) is 0 Å². The van der Waals surface area contributed by atoms with Crippen LogP contribution in [-0.4, -0.2) is 46.8 Å². The van der Waals surface area contributed by atoms with Gasteiger partial charge in [0.15, 0.2) is 0 Å². The van der Waals surface area contributed by atoms with Crippen LogP contribution >= 0.6 is 11.3 Å². The van der Waals surface area contributed by atoms with E-state index in [1.807, 2.05) is 54.0 Å². The van der Waals surface area contributed by atoms with Gasteiger partial charge in [-0.2, -0.15) is 5.10 Å². The second-order valence-electron chi connectivity index (χ2n) is 6.64. The van der Waals surface area contributed by atoms with Crippen LogP contribution in [0.2, 0.25) is 0 Å². The lowest BCUT2D eigenvalue weighted by molar-refractivity contribution is 0.0944. The number of hydrogen-bond acceptors (Lipinski definition) is 4. The van der Waals surface area contributed by atoms with Crippen molar-refractivity contribution in [3.05, 3.63) is 59.6 Å². The Morgan fingerprint density at radius 2 is 2.12 bits per heavy atom. The first-order chi connectivity index (χ1) is 12.7. The molecule has 134 valence electrons. The Bertz CT molecular complexity index is 873. The summed E-state index contributed by atoms with van der Waals surface area (Å²) in [6.07, 6.45) is 4.17. The number of amides is 1. The Morgan fingerprint density at radius 1 is 1.27 bits per heavy atom. The van der Waals surface area contributed by atoms with Gasteiger partial charge in [0.2, 0.25) is 0 Å². The second kappa shape index (κ2) is 7.43. The van der Waals surface area contributed by atoms with Gasteiger partial charge in [0, 0.05) is 18.8 Å². The van der Waals surface area contributed by atoms with Crippen molar-refractivity contribution in [2.75, 3.05) is 20.1 Å². The monoisotopic (exact) mass is 366 g/mol. The summed E-state index contributed by atoms with van der Waals surface area (Å²) in [5.41, 5.74) is 2.30. The van der Waals surface area contributed by atoms with Gasteiger partial charge in [0.1, 0.15) is 5.69 Å². The number of aromatic nitrogens is 2. The van der Waals surface area contributed by atoms with Crippen LogP contribution in [0.1, 0.15) is 23.2 Å². The highest BCUT2D eigenvalue weighted by molar-refractivity contribution is 7.13. The Balaban J connectivity index is 1.61. The highest BCUT2D eigenvalue weighted by atomic mass is 32.1. The number of rotatable bonds is 5. The number of nitrogens with one attached hydrogen (secondary N) is 1. The van der Waals surface area contributed by atoms with Crippen molar-refractivity contribution in [3.63, 3.8) is 0 Å². The molecule has 1 N–H and O–H groups in total. The van der Waals surface area contributed by atoms with Gasteiger partial charge in [-0.1, -0.05) is 24.3 Å². The number of hydrogen-bond donors (Lipinski definition) is 1. The zero-order chi connectivity index (χ0) is 17.9. The van der Waals surface area contributed by atoms with Crippen molar-refractivity contribution in [2.45, 2.75) is 18.9 Å². The van der Waals surface area contributed by atoms with E-state index in [1.54, 1.807) is 16.0 Å². The van der Waals surface area contributed by atoms with Crippen molar-refractivity contribution in [3.8, 4) is 16.3 Å². The number of likely N-dealkylation sites (N-methyl/N-ethyl adjacent to an activating group) is 1. The lowest BCUT2D eigenvalue weighted by atomic mass is 10.2. The van der Waals surface area contributed by atoms with E-state index in [0.717, 1.165) is 29.2 Å². The Morgan fingerprint density at radius 3 is 2.81 bits per heavy atom. The standard InChI is InChI=1S/C20H22N4OS/c1-23-11-5-9-16(23)13-21-20(25)17-14-24(15-7-3-2-4-8-15)22-19(17)18-10-6-12-26-18/h2-4,6-8,10,12,14,16H,5,9,11,13H2,1H3,(H,21,25)/t16-/m1/s1. The maximum Gasteiger partial charge on any atom is 0.255 e. The summed E-state index contributed by atoms with van der Waals surface area (Å²) in [7, 11) is 2.12. The normalized spacial score (nSPS) is 17.5. The van der Waals surface area contributed by atoms with E-state index in [1.165, 1.54) is 6.42 Å². The minimum absolute atomic E-state index is 0.0594. The molecule has 0 bridgehead atoms. The minimum Gasteiger partial charge on any atom is -0.350 e. The number of likely N-dealkylation sites (tertiary alicyclic amines) is 1. The first-order valence-corrected chi connectivity index (χ1v) is 9.78. The first-order valence-electron chi connectivity index (χ1n) is 8.90. The van der Waals surface area contributed by atoms with Crippen molar-refractivity contribution in [1.82, 2.24) is 20.0 Å². The van der Waals surface area contributed by atoms with Crippen LogP contribution in [0.4, 0.5) is 0 Å². The van der Waals surface area contributed by atoms with Crippen molar-refractivity contribution >= 4 is 17.2 Å². The maximum atomic E-state index is 12.9. The van der Waals surface area contributed by atoms with Crippen LogP contribution in [-0.2, 0) is 0 Å². The molecule has 3 heterocycles. The molecule has 0 spiro atoms. The average Bonchev–Trinajstić information content (AvgIpc) is 3.41. The third kappa shape index (κ3) is 3.43. The lowest BCUT2D eigenvalue weighted by Gasteiger charge is -2.19. The molecule has 0 radical (unpaired) electrons. The fraction of sp³-hybridized carbons (Fsp3) is 0.300. The Hall–Kier alpha value is -2.44. The van der Waals surface area contributed by atoms with Gasteiger partial charge >= 0.3 is 0 Å². The molecule has 1 aliphatic heterocycles. The number of nitrogens with zero attached hydrogens (tertiary/aromatic N) is 3. The third-order valence-corrected chi connectivity index (χ3v) is 5.78. The molecule has 2 aromatic heterocycles. The highest BCUT2D eigenvalue weighted by Crippen LogP contribution is 2.28. The van der Waals surface area contributed by atoms with E-state index in [-0.39, 0.29) is 5.91 Å². The molecule has 1 aromatic carbocycles. The van der Waals surface area contributed by atoms with Crippen LogP contribution in [0.3, 0.4) is 0 Å². The number of para-hydroxylation sites is 1. The zero-order valence-electron chi connectivity index (χ0n) is 14.8. The average molecular weight is 366 g/mol. The van der Waals surface area contributed by atoms with Gasteiger partial charge in [-0.15, -0.1) is 11.3 Å². The summed E-state index contributed by atoms with van der Waals surface area (Å²) < 4.78 is 1.78. The van der Waals surface area contributed by atoms with Crippen LogP contribution in [0.5, 0.6) is 0 Å². The number of benzene rings is 1. The molecule has 6 heteroatoms. The predicted molar refractivity (Wildman–Crippen MR) is 105 cm³/mol. The van der Waals surface area contributed by atoms with Crippen molar-refractivity contribution in [1.29, 1.82) is 0 Å². The van der Waals surface area contributed by atoms with Crippen LogP contribution in [0, 0.1) is 0 Å². The third-order valence-electron chi connectivity index (χ3n) is 4.90. The minimum atomic E-state index is -0.0594. The fourth-order valence-electron chi connectivity index (χ4n) is 3.39. The van der Waals surface area contributed by atoms with E-state index in [4.69, 9.17) is 5.10 Å². The van der Waals surface area contributed by atoms with E-state index < -0.39 is 0 Å². The van der Waals surface area contributed by atoms with E-state index in [2.05, 4.69) is 17.3 Å². The topological polar surface area (TPSA) is 50.2 Å². The van der Waals surface area contributed by atoms with Gasteiger partial charge in [-0.3, -0.25) is 4.79 Å². The largest absolute Gasteiger partial charge is 0.350 e. The molecular weight excluding hydrogens is 344 g/mol. The number of carbonyl (C=O) groups is 1. The van der Waals surface area contributed by atoms with Crippen molar-refractivity contribution < 1.29 is 4.79 Å². The molecule has 4 rings (SSSR count). The molecule has 1 amide bonds. The number of carbonyl (C=O) groups excluding carboxylic acids is 1. The summed E-state index contributed by atoms with van der Waals surface area (Å²) in [6.45, 7) is 1.78. The molecule has 0 unspecified atom stereocenters. The Labute approximate surface area is 157 Å². The summed E-state index contributed by atoms with van der Waals surface area (Å²) >= 11 is 1.60. The fourth-order valence-corrected chi connectivity index (χ4v) is 4.11. The lowest BCUT2D eigenvalue weighted by Crippen LogP contribution is -2.38. The first kappa shape index (κ1) is 17.0. The summed E-state index contributed by atoms with van der Waals surface area (Å²) in [5, 5.41) is 9.81. The maximum absolute atomic E-state index is 12.9.